The summed E-state index contributed by atoms with van der Waals surface area (Å²) in [6.07, 6.45) is 4.55. The van der Waals surface area contributed by atoms with E-state index in [9.17, 15) is 14.4 Å². The second kappa shape index (κ2) is 7.53. The van der Waals surface area contributed by atoms with Gasteiger partial charge in [0.25, 0.3) is 0 Å². The Hall–Kier alpha value is -2.44. The molecule has 0 unspecified atom stereocenters. The van der Waals surface area contributed by atoms with Crippen molar-refractivity contribution in [1.29, 1.82) is 0 Å². The monoisotopic (exact) mass is 305 g/mol. The molecule has 22 heavy (non-hydrogen) atoms. The van der Waals surface area contributed by atoms with Crippen LogP contribution >= 0.6 is 0 Å². The summed E-state index contributed by atoms with van der Waals surface area (Å²) in [4.78, 5) is 40.5. The average Bonchev–Trinajstić information content (AvgIpc) is 3.05. The van der Waals surface area contributed by atoms with E-state index in [4.69, 9.17) is 4.74 Å². The lowest BCUT2D eigenvalue weighted by Gasteiger charge is -2.29. The van der Waals surface area contributed by atoms with Crippen molar-refractivity contribution >= 4 is 18.3 Å². The van der Waals surface area contributed by atoms with Crippen LogP contribution in [0, 0.1) is 0 Å². The number of ether oxygens (including phenoxy) is 1. The van der Waals surface area contributed by atoms with Crippen molar-refractivity contribution < 1.29 is 19.1 Å². The van der Waals surface area contributed by atoms with Gasteiger partial charge in [-0.3, -0.25) is 19.4 Å². The minimum Gasteiger partial charge on any atom is -0.455 e. The van der Waals surface area contributed by atoms with Gasteiger partial charge in [0, 0.05) is 32.4 Å². The van der Waals surface area contributed by atoms with Crippen LogP contribution in [0.15, 0.2) is 24.5 Å². The highest BCUT2D eigenvalue weighted by Crippen LogP contribution is 2.24. The van der Waals surface area contributed by atoms with Gasteiger partial charge in [0.1, 0.15) is 6.04 Å². The Morgan fingerprint density at radius 2 is 1.95 bits per heavy atom. The number of pyridine rings is 1. The number of esters is 1. The molecule has 2 rings (SSSR count). The van der Waals surface area contributed by atoms with Crippen LogP contribution in [0.25, 0.3) is 0 Å². The van der Waals surface area contributed by atoms with Gasteiger partial charge >= 0.3 is 5.97 Å². The van der Waals surface area contributed by atoms with Gasteiger partial charge < -0.3 is 15.0 Å². The van der Waals surface area contributed by atoms with Crippen molar-refractivity contribution in [2.45, 2.75) is 31.9 Å². The largest absolute Gasteiger partial charge is 0.455 e. The molecule has 2 heterocycles. The molecule has 7 heteroatoms. The summed E-state index contributed by atoms with van der Waals surface area (Å²) in [5.41, 5.74) is 0.608. The number of nitrogens with zero attached hydrogens (tertiary/aromatic N) is 2. The number of amides is 2. The molecule has 0 spiro atoms. The van der Waals surface area contributed by atoms with E-state index in [1.54, 1.807) is 29.4 Å². The molecular formula is C15H19N3O4. The molecule has 1 fully saturated rings. The highest BCUT2D eigenvalue weighted by Gasteiger charge is 2.35. The molecule has 0 saturated carbocycles. The molecule has 2 amide bonds. The van der Waals surface area contributed by atoms with Crippen molar-refractivity contribution in [3.8, 4) is 0 Å². The normalized spacial score (nSPS) is 16.7. The summed E-state index contributed by atoms with van der Waals surface area (Å²) in [6, 6.07) is 2.37. The minimum absolute atomic E-state index is 0.243. The van der Waals surface area contributed by atoms with E-state index in [2.05, 4.69) is 10.3 Å². The molecular weight excluding hydrogens is 286 g/mol. The number of aromatic nitrogens is 1. The number of hydrogen-bond acceptors (Lipinski definition) is 5. The minimum atomic E-state index is -0.943. The van der Waals surface area contributed by atoms with Crippen LogP contribution in [-0.2, 0) is 19.1 Å². The maximum Gasteiger partial charge on any atom is 0.303 e. The fourth-order valence-corrected chi connectivity index (χ4v) is 2.56. The van der Waals surface area contributed by atoms with Crippen molar-refractivity contribution in [3.63, 3.8) is 0 Å². The summed E-state index contributed by atoms with van der Waals surface area (Å²) >= 11 is 0. The summed E-state index contributed by atoms with van der Waals surface area (Å²) < 4.78 is 5.30. The Morgan fingerprint density at radius 3 is 2.50 bits per heavy atom. The second-order valence-electron chi connectivity index (χ2n) is 5.11. The van der Waals surface area contributed by atoms with Crippen LogP contribution in [0.4, 0.5) is 0 Å². The summed E-state index contributed by atoms with van der Waals surface area (Å²) in [6.45, 7) is 2.57. The van der Waals surface area contributed by atoms with Crippen LogP contribution in [0.3, 0.4) is 0 Å². The Labute approximate surface area is 128 Å². The molecule has 1 aromatic rings. The topological polar surface area (TPSA) is 88.6 Å². The first-order valence-corrected chi connectivity index (χ1v) is 7.19. The second-order valence-corrected chi connectivity index (χ2v) is 5.11. The molecule has 1 aliphatic heterocycles. The number of nitrogens with one attached hydrogen (secondary N) is 1. The molecule has 0 radical (unpaired) electrons. The van der Waals surface area contributed by atoms with E-state index in [1.807, 2.05) is 0 Å². The molecule has 0 aromatic carbocycles. The van der Waals surface area contributed by atoms with E-state index in [0.717, 1.165) is 12.8 Å². The number of carbonyl (C=O) groups is 3. The zero-order valence-corrected chi connectivity index (χ0v) is 12.4. The SMILES string of the molecule is CC(=O)O[C@@H](c1ccncc1)[C@@H](NC=O)C(=O)N1CCCC1. The molecule has 1 N–H and O–H groups in total. The Kier molecular flexibility index (Phi) is 5.46. The molecule has 0 bridgehead atoms. The van der Waals surface area contributed by atoms with E-state index in [1.165, 1.54) is 6.92 Å². The maximum atomic E-state index is 12.6. The standard InChI is InChI=1S/C15H19N3O4/c1-11(20)22-14(12-4-6-16-7-5-12)13(17-10-19)15(21)18-8-2-3-9-18/h4-7,10,13-14H,2-3,8-9H2,1H3,(H,17,19)/t13-,14+/m1/s1. The van der Waals surface area contributed by atoms with Crippen LogP contribution in [0.1, 0.15) is 31.4 Å². The lowest BCUT2D eigenvalue weighted by molar-refractivity contribution is -0.152. The van der Waals surface area contributed by atoms with Gasteiger partial charge in [-0.1, -0.05) is 0 Å². The van der Waals surface area contributed by atoms with Crippen molar-refractivity contribution in [3.05, 3.63) is 30.1 Å². The molecule has 1 aromatic heterocycles. The number of carbonyl (C=O) groups excluding carboxylic acids is 3. The van der Waals surface area contributed by atoms with Gasteiger partial charge in [-0.05, 0) is 30.5 Å². The van der Waals surface area contributed by atoms with Gasteiger partial charge in [-0.15, -0.1) is 0 Å². The Morgan fingerprint density at radius 1 is 1.32 bits per heavy atom. The third-order valence-corrected chi connectivity index (χ3v) is 3.56. The number of rotatable bonds is 6. The highest BCUT2D eigenvalue weighted by molar-refractivity contribution is 5.85. The van der Waals surface area contributed by atoms with Crippen molar-refractivity contribution in [2.24, 2.45) is 0 Å². The van der Waals surface area contributed by atoms with Gasteiger partial charge in [-0.25, -0.2) is 0 Å². The third-order valence-electron chi connectivity index (χ3n) is 3.56. The zero-order valence-electron chi connectivity index (χ0n) is 12.4. The van der Waals surface area contributed by atoms with Crippen LogP contribution in [0.2, 0.25) is 0 Å². The van der Waals surface area contributed by atoms with Crippen molar-refractivity contribution in [2.75, 3.05) is 13.1 Å². The van der Waals surface area contributed by atoms with Gasteiger partial charge in [0.05, 0.1) is 0 Å². The Balaban J connectivity index is 2.28. The quantitative estimate of drug-likeness (QED) is 0.608. The smallest absolute Gasteiger partial charge is 0.303 e. The molecule has 7 nitrogen and oxygen atoms in total. The lowest BCUT2D eigenvalue weighted by atomic mass is 10.0. The predicted octanol–water partition coefficient (Wildman–Crippen LogP) is 0.423. The van der Waals surface area contributed by atoms with Crippen LogP contribution < -0.4 is 5.32 Å². The predicted molar refractivity (Wildman–Crippen MR) is 77.5 cm³/mol. The van der Waals surface area contributed by atoms with E-state index in [0.29, 0.717) is 25.1 Å². The lowest BCUT2D eigenvalue weighted by Crippen LogP contribution is -2.49. The first kappa shape index (κ1) is 15.9. The maximum absolute atomic E-state index is 12.6. The average molecular weight is 305 g/mol. The summed E-state index contributed by atoms with van der Waals surface area (Å²) in [7, 11) is 0. The zero-order chi connectivity index (χ0) is 15.9. The Bertz CT molecular complexity index is 529. The summed E-state index contributed by atoms with van der Waals surface area (Å²) in [5.74, 6) is -0.763. The van der Waals surface area contributed by atoms with Gasteiger partial charge in [0.15, 0.2) is 6.10 Å². The molecule has 1 saturated heterocycles. The van der Waals surface area contributed by atoms with Crippen molar-refractivity contribution in [1.82, 2.24) is 15.2 Å². The number of likely N-dealkylation sites (tertiary alicyclic amines) is 1. The van der Waals surface area contributed by atoms with Gasteiger partial charge in [0.2, 0.25) is 12.3 Å². The summed E-state index contributed by atoms with van der Waals surface area (Å²) in [5, 5.41) is 2.49. The molecule has 1 aliphatic rings. The van der Waals surface area contributed by atoms with E-state index in [-0.39, 0.29) is 5.91 Å². The fourth-order valence-electron chi connectivity index (χ4n) is 2.56. The molecule has 0 aliphatic carbocycles. The highest BCUT2D eigenvalue weighted by atomic mass is 16.5. The fraction of sp³-hybridized carbons (Fsp3) is 0.467. The molecule has 2 atom stereocenters. The van der Waals surface area contributed by atoms with Crippen LogP contribution in [0.5, 0.6) is 0 Å². The first-order valence-electron chi connectivity index (χ1n) is 7.19. The van der Waals surface area contributed by atoms with Crippen LogP contribution in [-0.4, -0.2) is 47.3 Å². The van der Waals surface area contributed by atoms with E-state index >= 15 is 0 Å². The third kappa shape index (κ3) is 3.81. The van der Waals surface area contributed by atoms with E-state index < -0.39 is 18.1 Å². The first-order chi connectivity index (χ1) is 10.6. The molecule has 118 valence electrons. The number of hydrogen-bond donors (Lipinski definition) is 1. The van der Waals surface area contributed by atoms with Gasteiger partial charge in [-0.2, -0.15) is 0 Å².